The van der Waals surface area contributed by atoms with Crippen LogP contribution in [0.25, 0.3) is 0 Å². The van der Waals surface area contributed by atoms with E-state index in [1.807, 2.05) is 13.2 Å². The summed E-state index contributed by atoms with van der Waals surface area (Å²) in [5.74, 6) is -0.339. The normalized spacial score (nSPS) is 13.5. The molecule has 0 aliphatic rings. The van der Waals surface area contributed by atoms with Gasteiger partial charge in [0, 0.05) is 18.4 Å². The minimum Gasteiger partial charge on any atom is -0.480 e. The quantitative estimate of drug-likeness (QED) is 0.659. The van der Waals surface area contributed by atoms with Crippen LogP contribution < -0.4 is 10.6 Å². The van der Waals surface area contributed by atoms with E-state index in [2.05, 4.69) is 15.7 Å². The Morgan fingerprint density at radius 2 is 2.20 bits per heavy atom. The van der Waals surface area contributed by atoms with Crippen LogP contribution in [-0.2, 0) is 11.3 Å². The number of hydrogen-bond donors (Lipinski definition) is 3. The highest BCUT2D eigenvalue weighted by Crippen LogP contribution is 2.01. The van der Waals surface area contributed by atoms with Crippen molar-refractivity contribution < 1.29 is 14.7 Å². The van der Waals surface area contributed by atoms with Crippen LogP contribution >= 0.6 is 11.8 Å². The number of hydrogen-bond acceptors (Lipinski definition) is 4. The van der Waals surface area contributed by atoms with Gasteiger partial charge in [-0.3, -0.25) is 4.68 Å². The molecule has 0 spiro atoms. The SMILES string of the molecule is CSCCC(NC(=O)NC(C)Cn1cccn1)C(=O)O. The average molecular weight is 300 g/mol. The van der Waals surface area contributed by atoms with Gasteiger partial charge in [0.05, 0.1) is 6.54 Å². The van der Waals surface area contributed by atoms with Gasteiger partial charge in [0.2, 0.25) is 0 Å². The maximum absolute atomic E-state index is 11.7. The lowest BCUT2D eigenvalue weighted by Gasteiger charge is -2.18. The highest BCUT2D eigenvalue weighted by molar-refractivity contribution is 7.98. The molecular weight excluding hydrogens is 280 g/mol. The van der Waals surface area contributed by atoms with Crippen molar-refractivity contribution in [1.82, 2.24) is 20.4 Å². The van der Waals surface area contributed by atoms with Crippen molar-refractivity contribution in [3.05, 3.63) is 18.5 Å². The Labute approximate surface area is 122 Å². The van der Waals surface area contributed by atoms with Gasteiger partial charge in [-0.1, -0.05) is 0 Å². The van der Waals surface area contributed by atoms with E-state index in [0.717, 1.165) is 0 Å². The number of carbonyl (C=O) groups excluding carboxylic acids is 1. The van der Waals surface area contributed by atoms with Gasteiger partial charge < -0.3 is 15.7 Å². The van der Waals surface area contributed by atoms with Crippen molar-refractivity contribution in [3.8, 4) is 0 Å². The van der Waals surface area contributed by atoms with Gasteiger partial charge in [0.15, 0.2) is 0 Å². The lowest BCUT2D eigenvalue weighted by atomic mass is 10.2. The molecule has 0 bridgehead atoms. The smallest absolute Gasteiger partial charge is 0.326 e. The van der Waals surface area contributed by atoms with E-state index in [0.29, 0.717) is 18.7 Å². The molecule has 1 rings (SSSR count). The molecule has 0 saturated carbocycles. The van der Waals surface area contributed by atoms with Crippen LogP contribution in [0, 0.1) is 0 Å². The van der Waals surface area contributed by atoms with Crippen molar-refractivity contribution in [1.29, 1.82) is 0 Å². The summed E-state index contributed by atoms with van der Waals surface area (Å²) < 4.78 is 1.70. The van der Waals surface area contributed by atoms with Crippen LogP contribution in [0.2, 0.25) is 0 Å². The molecule has 7 nitrogen and oxygen atoms in total. The fourth-order valence-corrected chi connectivity index (χ4v) is 2.12. The van der Waals surface area contributed by atoms with Gasteiger partial charge in [-0.05, 0) is 31.4 Å². The molecule has 0 aliphatic heterocycles. The standard InChI is InChI=1S/C12H20N4O3S/c1-9(8-16-6-3-5-13-16)14-12(19)15-10(11(17)18)4-7-20-2/h3,5-6,9-10H,4,7-8H2,1-2H3,(H,17,18)(H2,14,15,19). The number of aromatic nitrogens is 2. The molecule has 20 heavy (non-hydrogen) atoms. The van der Waals surface area contributed by atoms with Crippen molar-refractivity contribution in [2.24, 2.45) is 0 Å². The van der Waals surface area contributed by atoms with Crippen molar-refractivity contribution in [2.75, 3.05) is 12.0 Å². The molecule has 1 heterocycles. The fraction of sp³-hybridized carbons (Fsp3) is 0.583. The number of carboxylic acids is 1. The number of carboxylic acid groups (broad SMARTS) is 1. The molecule has 1 aromatic rings. The third kappa shape index (κ3) is 5.96. The van der Waals surface area contributed by atoms with E-state index in [1.54, 1.807) is 34.9 Å². The Balaban J connectivity index is 2.38. The zero-order chi connectivity index (χ0) is 15.0. The zero-order valence-electron chi connectivity index (χ0n) is 11.6. The van der Waals surface area contributed by atoms with Crippen molar-refractivity contribution in [2.45, 2.75) is 32.0 Å². The zero-order valence-corrected chi connectivity index (χ0v) is 12.4. The molecule has 0 radical (unpaired) electrons. The van der Waals surface area contributed by atoms with Gasteiger partial charge in [0.1, 0.15) is 6.04 Å². The molecular formula is C12H20N4O3S. The van der Waals surface area contributed by atoms with Gasteiger partial charge in [0.25, 0.3) is 0 Å². The van der Waals surface area contributed by atoms with Crippen molar-refractivity contribution in [3.63, 3.8) is 0 Å². The number of rotatable bonds is 8. The van der Waals surface area contributed by atoms with E-state index in [-0.39, 0.29) is 6.04 Å². The number of nitrogens with zero attached hydrogens (tertiary/aromatic N) is 2. The van der Waals surface area contributed by atoms with Crippen LogP contribution in [0.15, 0.2) is 18.5 Å². The lowest BCUT2D eigenvalue weighted by molar-refractivity contribution is -0.139. The molecule has 112 valence electrons. The minimum absolute atomic E-state index is 0.148. The van der Waals surface area contributed by atoms with E-state index >= 15 is 0 Å². The van der Waals surface area contributed by atoms with Crippen LogP contribution in [-0.4, -0.2) is 51.0 Å². The topological polar surface area (TPSA) is 96.3 Å². The Bertz CT molecular complexity index is 424. The largest absolute Gasteiger partial charge is 0.480 e. The van der Waals surface area contributed by atoms with E-state index in [4.69, 9.17) is 5.11 Å². The summed E-state index contributed by atoms with van der Waals surface area (Å²) in [6.07, 6.45) is 5.76. The average Bonchev–Trinajstić information content (AvgIpc) is 2.86. The molecule has 2 unspecified atom stereocenters. The molecule has 0 fully saturated rings. The lowest BCUT2D eigenvalue weighted by Crippen LogP contribution is -2.49. The van der Waals surface area contributed by atoms with Gasteiger partial charge >= 0.3 is 12.0 Å². The highest BCUT2D eigenvalue weighted by atomic mass is 32.2. The second kappa shape index (κ2) is 8.47. The first-order valence-corrected chi connectivity index (χ1v) is 7.68. The summed E-state index contributed by atoms with van der Waals surface area (Å²) in [6, 6.07) is 0.317. The van der Waals surface area contributed by atoms with Crippen LogP contribution in [0.1, 0.15) is 13.3 Å². The molecule has 2 atom stereocenters. The van der Waals surface area contributed by atoms with Gasteiger partial charge in [-0.25, -0.2) is 9.59 Å². The summed E-state index contributed by atoms with van der Waals surface area (Å²) >= 11 is 1.54. The number of aliphatic carboxylic acids is 1. The van der Waals surface area contributed by atoms with Gasteiger partial charge in [-0.15, -0.1) is 0 Å². The Hall–Kier alpha value is -1.70. The summed E-state index contributed by atoms with van der Waals surface area (Å²) in [5, 5.41) is 18.2. The minimum atomic E-state index is -1.02. The fourth-order valence-electron chi connectivity index (χ4n) is 1.65. The predicted molar refractivity (Wildman–Crippen MR) is 77.8 cm³/mol. The maximum atomic E-state index is 11.7. The van der Waals surface area contributed by atoms with Crippen LogP contribution in [0.4, 0.5) is 4.79 Å². The van der Waals surface area contributed by atoms with E-state index in [1.165, 1.54) is 0 Å². The summed E-state index contributed by atoms with van der Waals surface area (Å²) in [7, 11) is 0. The Kier molecular flexibility index (Phi) is 6.92. The Morgan fingerprint density at radius 1 is 1.45 bits per heavy atom. The first-order chi connectivity index (χ1) is 9.52. The second-order valence-electron chi connectivity index (χ2n) is 4.42. The molecule has 2 amide bonds. The first kappa shape index (κ1) is 16.4. The first-order valence-electron chi connectivity index (χ1n) is 6.29. The third-order valence-corrected chi connectivity index (χ3v) is 3.26. The molecule has 3 N–H and O–H groups in total. The Morgan fingerprint density at radius 3 is 2.75 bits per heavy atom. The number of thioether (sulfide) groups is 1. The third-order valence-electron chi connectivity index (χ3n) is 2.61. The van der Waals surface area contributed by atoms with Crippen LogP contribution in [0.5, 0.6) is 0 Å². The summed E-state index contributed by atoms with van der Waals surface area (Å²) in [6.45, 7) is 2.36. The van der Waals surface area contributed by atoms with E-state index < -0.39 is 18.0 Å². The van der Waals surface area contributed by atoms with Crippen molar-refractivity contribution >= 4 is 23.8 Å². The maximum Gasteiger partial charge on any atom is 0.326 e. The number of carbonyl (C=O) groups is 2. The van der Waals surface area contributed by atoms with Crippen LogP contribution in [0.3, 0.4) is 0 Å². The predicted octanol–water partition coefficient (Wildman–Crippen LogP) is 0.777. The second-order valence-corrected chi connectivity index (χ2v) is 5.40. The highest BCUT2D eigenvalue weighted by Gasteiger charge is 2.20. The monoisotopic (exact) mass is 300 g/mol. The van der Waals surface area contributed by atoms with E-state index in [9.17, 15) is 9.59 Å². The molecule has 0 aromatic carbocycles. The number of nitrogens with one attached hydrogen (secondary N) is 2. The molecule has 0 aliphatic carbocycles. The summed E-state index contributed by atoms with van der Waals surface area (Å²) in [5.41, 5.74) is 0. The molecule has 0 saturated heterocycles. The van der Waals surface area contributed by atoms with Gasteiger partial charge in [-0.2, -0.15) is 16.9 Å². The number of urea groups is 1. The molecule has 8 heteroatoms. The number of amides is 2. The molecule has 1 aromatic heterocycles. The summed E-state index contributed by atoms with van der Waals surface area (Å²) in [4.78, 5) is 22.8.